The summed E-state index contributed by atoms with van der Waals surface area (Å²) in [5.74, 6) is 0. The topological polar surface area (TPSA) is 12.9 Å². The van der Waals surface area contributed by atoms with Gasteiger partial charge in [-0.25, -0.2) is 4.98 Å². The molecule has 0 N–H and O–H groups in total. The normalized spacial score (nSPS) is 11.8. The monoisotopic (exact) mass is 313 g/mol. The minimum atomic E-state index is 0.179. The second-order valence-corrected chi connectivity index (χ2v) is 7.57. The van der Waals surface area contributed by atoms with Gasteiger partial charge in [0.25, 0.3) is 0 Å². The van der Waals surface area contributed by atoms with E-state index >= 15 is 0 Å². The number of nitrogens with zero attached hydrogens (tertiary/aromatic N) is 1. The number of thiazole rings is 1. The van der Waals surface area contributed by atoms with Crippen molar-refractivity contribution in [2.45, 2.75) is 32.6 Å². The quantitative estimate of drug-likeness (QED) is 0.556. The van der Waals surface area contributed by atoms with Gasteiger partial charge in [-0.05, 0) is 22.8 Å². The van der Waals surface area contributed by atoms with Gasteiger partial charge in [-0.3, -0.25) is 0 Å². The summed E-state index contributed by atoms with van der Waals surface area (Å²) in [6, 6.07) is 10.6. The maximum Gasteiger partial charge on any atom is 0.125 e. The van der Waals surface area contributed by atoms with Crippen LogP contribution >= 0.6 is 22.7 Å². The Morgan fingerprint density at radius 3 is 2.48 bits per heavy atom. The van der Waals surface area contributed by atoms with Crippen molar-refractivity contribution >= 4 is 22.7 Å². The number of aromatic nitrogens is 1. The highest BCUT2D eigenvalue weighted by Crippen LogP contribution is 2.46. The Morgan fingerprint density at radius 2 is 1.86 bits per heavy atom. The molecule has 0 bridgehead atoms. The average Bonchev–Trinajstić information content (AvgIpc) is 3.17. The van der Waals surface area contributed by atoms with E-state index in [1.807, 2.05) is 17.5 Å². The molecule has 3 heteroatoms. The Morgan fingerprint density at radius 1 is 1.10 bits per heavy atom. The summed E-state index contributed by atoms with van der Waals surface area (Å²) in [6.07, 6.45) is 3.02. The number of hydrogen-bond acceptors (Lipinski definition) is 3. The van der Waals surface area contributed by atoms with Crippen molar-refractivity contribution in [2.75, 3.05) is 0 Å². The van der Waals surface area contributed by atoms with Crippen LogP contribution in [-0.2, 0) is 5.41 Å². The van der Waals surface area contributed by atoms with E-state index in [1.165, 1.54) is 21.6 Å². The van der Waals surface area contributed by atoms with Crippen molar-refractivity contribution in [2.24, 2.45) is 0 Å². The molecular weight excluding hydrogens is 294 g/mol. The van der Waals surface area contributed by atoms with E-state index < -0.39 is 0 Å². The smallest absolute Gasteiger partial charge is 0.125 e. The lowest BCUT2D eigenvalue weighted by Gasteiger charge is -2.23. The van der Waals surface area contributed by atoms with Crippen molar-refractivity contribution in [3.8, 4) is 21.7 Å². The van der Waals surface area contributed by atoms with Gasteiger partial charge in [0.2, 0.25) is 0 Å². The van der Waals surface area contributed by atoms with Crippen LogP contribution in [0.15, 0.2) is 47.3 Å². The molecule has 0 aliphatic carbocycles. The molecule has 2 heterocycles. The van der Waals surface area contributed by atoms with Gasteiger partial charge in [-0.1, -0.05) is 51.1 Å². The van der Waals surface area contributed by atoms with Crippen LogP contribution in [0.5, 0.6) is 0 Å². The molecule has 1 nitrogen and oxygen atoms in total. The molecule has 0 unspecified atom stereocenters. The molecule has 0 radical (unpaired) electrons. The molecule has 0 aliphatic heterocycles. The van der Waals surface area contributed by atoms with Crippen LogP contribution in [0.4, 0.5) is 0 Å². The van der Waals surface area contributed by atoms with Gasteiger partial charge in [0, 0.05) is 27.6 Å². The number of rotatable bonds is 4. The van der Waals surface area contributed by atoms with E-state index in [0.717, 1.165) is 11.4 Å². The fraction of sp³-hybridized carbons (Fsp3) is 0.278. The molecule has 0 amide bonds. The second kappa shape index (κ2) is 5.74. The van der Waals surface area contributed by atoms with Crippen LogP contribution in [0.2, 0.25) is 0 Å². The molecule has 2 aromatic heterocycles. The summed E-state index contributed by atoms with van der Waals surface area (Å²) < 4.78 is 0. The van der Waals surface area contributed by atoms with Gasteiger partial charge in [-0.15, -0.1) is 22.7 Å². The van der Waals surface area contributed by atoms with Crippen molar-refractivity contribution < 1.29 is 0 Å². The van der Waals surface area contributed by atoms with Crippen molar-refractivity contribution in [1.29, 1.82) is 0 Å². The highest BCUT2D eigenvalue weighted by Gasteiger charge is 2.27. The first-order valence-electron chi connectivity index (χ1n) is 7.20. The average molecular weight is 313 g/mol. The van der Waals surface area contributed by atoms with Crippen LogP contribution in [0.3, 0.4) is 0 Å². The molecule has 3 rings (SSSR count). The largest absolute Gasteiger partial charge is 0.244 e. The lowest BCUT2D eigenvalue weighted by molar-refractivity contribution is 0.518. The highest BCUT2D eigenvalue weighted by atomic mass is 32.1. The minimum absolute atomic E-state index is 0.179. The van der Waals surface area contributed by atoms with E-state index in [-0.39, 0.29) is 5.41 Å². The Bertz CT molecular complexity index is 709. The van der Waals surface area contributed by atoms with Gasteiger partial charge in [0.05, 0.1) is 0 Å². The third-order valence-electron chi connectivity index (χ3n) is 4.02. The molecule has 108 valence electrons. The fourth-order valence-electron chi connectivity index (χ4n) is 2.41. The van der Waals surface area contributed by atoms with Crippen molar-refractivity contribution in [3.63, 3.8) is 0 Å². The lowest BCUT2D eigenvalue weighted by atomic mass is 9.85. The zero-order valence-corrected chi connectivity index (χ0v) is 14.2. The second-order valence-electron chi connectivity index (χ2n) is 5.79. The summed E-state index contributed by atoms with van der Waals surface area (Å²) in [6.45, 7) is 6.91. The Labute approximate surface area is 134 Å². The van der Waals surface area contributed by atoms with Crippen LogP contribution in [0, 0.1) is 0 Å². The van der Waals surface area contributed by atoms with E-state index in [4.69, 9.17) is 0 Å². The third kappa shape index (κ3) is 2.68. The van der Waals surface area contributed by atoms with E-state index in [0.29, 0.717) is 0 Å². The van der Waals surface area contributed by atoms with Gasteiger partial charge in [-0.2, -0.15) is 0 Å². The van der Waals surface area contributed by atoms with Crippen LogP contribution in [-0.4, -0.2) is 4.98 Å². The molecular formula is C18H19NS2. The highest BCUT2D eigenvalue weighted by molar-refractivity contribution is 7.14. The van der Waals surface area contributed by atoms with E-state index in [9.17, 15) is 0 Å². The Hall–Kier alpha value is -1.45. The van der Waals surface area contributed by atoms with E-state index in [2.05, 4.69) is 66.8 Å². The molecule has 0 atom stereocenters. The summed E-state index contributed by atoms with van der Waals surface area (Å²) >= 11 is 3.59. The van der Waals surface area contributed by atoms with Crippen LogP contribution in [0.25, 0.3) is 21.7 Å². The van der Waals surface area contributed by atoms with Gasteiger partial charge in [0.15, 0.2) is 0 Å². The predicted octanol–water partition coefficient (Wildman–Crippen LogP) is 6.23. The lowest BCUT2D eigenvalue weighted by Crippen LogP contribution is -2.14. The first kappa shape index (κ1) is 14.5. The SMILES string of the molecule is CCC(C)(C)c1scc(-c2ccccc2)c1-c1nccs1. The fourth-order valence-corrected chi connectivity index (χ4v) is 4.45. The summed E-state index contributed by atoms with van der Waals surface area (Å²) in [4.78, 5) is 6.02. The molecule has 0 saturated carbocycles. The molecule has 21 heavy (non-hydrogen) atoms. The molecule has 3 aromatic rings. The molecule has 1 aromatic carbocycles. The van der Waals surface area contributed by atoms with Crippen LogP contribution in [0.1, 0.15) is 32.1 Å². The summed E-state index contributed by atoms with van der Waals surface area (Å²) in [7, 11) is 0. The van der Waals surface area contributed by atoms with Crippen LogP contribution < -0.4 is 0 Å². The summed E-state index contributed by atoms with van der Waals surface area (Å²) in [5, 5.41) is 5.48. The van der Waals surface area contributed by atoms with E-state index in [1.54, 1.807) is 11.3 Å². The number of benzene rings is 1. The third-order valence-corrected chi connectivity index (χ3v) is 6.16. The Balaban J connectivity index is 2.23. The molecule has 0 aliphatic rings. The predicted molar refractivity (Wildman–Crippen MR) is 94.2 cm³/mol. The van der Waals surface area contributed by atoms with Gasteiger partial charge >= 0.3 is 0 Å². The first-order valence-corrected chi connectivity index (χ1v) is 8.96. The number of hydrogen-bond donors (Lipinski definition) is 0. The zero-order valence-electron chi connectivity index (χ0n) is 12.6. The maximum atomic E-state index is 4.58. The molecule has 0 spiro atoms. The number of thiophene rings is 1. The summed E-state index contributed by atoms with van der Waals surface area (Å²) in [5.41, 5.74) is 4.09. The first-order chi connectivity index (χ1) is 10.1. The van der Waals surface area contributed by atoms with Gasteiger partial charge in [0.1, 0.15) is 5.01 Å². The zero-order chi connectivity index (χ0) is 14.9. The molecule has 0 fully saturated rings. The Kier molecular flexibility index (Phi) is 3.96. The van der Waals surface area contributed by atoms with Crippen molar-refractivity contribution in [1.82, 2.24) is 4.98 Å². The minimum Gasteiger partial charge on any atom is -0.244 e. The maximum absolute atomic E-state index is 4.58. The standard InChI is InChI=1S/C18H19NS2/c1-4-18(2,3)16-15(17-19-10-11-20-17)14(12-21-16)13-8-6-5-7-9-13/h5-12H,4H2,1-3H3. The van der Waals surface area contributed by atoms with Crippen molar-refractivity contribution in [3.05, 3.63) is 52.2 Å². The molecule has 0 saturated heterocycles. The van der Waals surface area contributed by atoms with Gasteiger partial charge < -0.3 is 0 Å².